The number of thioether (sulfide) groups is 1. The molecule has 2 fully saturated rings. The molecule has 1 amide bonds. The third-order valence-electron chi connectivity index (χ3n) is 5.64. The van der Waals surface area contributed by atoms with Crippen molar-refractivity contribution in [3.63, 3.8) is 0 Å². The van der Waals surface area contributed by atoms with Crippen LogP contribution in [0, 0.1) is 6.92 Å². The minimum absolute atomic E-state index is 0.00768. The highest BCUT2D eigenvalue weighted by molar-refractivity contribution is 7.99. The van der Waals surface area contributed by atoms with Gasteiger partial charge < -0.3 is 9.64 Å². The SMILES string of the molecule is Cc1cc(SCC(=O)N(C[C@H]2CCCO2)[C@@H]2CCS(=O)(=O)C2)nc2ccccc12. The third-order valence-corrected chi connectivity index (χ3v) is 8.28. The summed E-state index contributed by atoms with van der Waals surface area (Å²) in [5.41, 5.74) is 2.05. The molecule has 0 spiro atoms. The Morgan fingerprint density at radius 3 is 2.86 bits per heavy atom. The number of aromatic nitrogens is 1. The molecule has 2 saturated heterocycles. The second-order valence-electron chi connectivity index (χ2n) is 7.82. The van der Waals surface area contributed by atoms with E-state index in [1.165, 1.54) is 11.8 Å². The lowest BCUT2D eigenvalue weighted by atomic mass is 10.1. The molecular formula is C21H26N2O4S2. The highest BCUT2D eigenvalue weighted by Crippen LogP contribution is 2.26. The summed E-state index contributed by atoms with van der Waals surface area (Å²) in [4.78, 5) is 19.5. The van der Waals surface area contributed by atoms with Gasteiger partial charge in [-0.25, -0.2) is 13.4 Å². The average Bonchev–Trinajstić information content (AvgIpc) is 3.33. The maximum Gasteiger partial charge on any atom is 0.233 e. The minimum atomic E-state index is -3.06. The molecule has 1 aromatic heterocycles. The van der Waals surface area contributed by atoms with Gasteiger partial charge in [0.25, 0.3) is 0 Å². The van der Waals surface area contributed by atoms with Crippen molar-refractivity contribution in [2.75, 3.05) is 30.4 Å². The van der Waals surface area contributed by atoms with Crippen LogP contribution in [0.5, 0.6) is 0 Å². The third kappa shape index (κ3) is 4.92. The van der Waals surface area contributed by atoms with Crippen molar-refractivity contribution in [2.24, 2.45) is 0 Å². The molecule has 2 aliphatic heterocycles. The van der Waals surface area contributed by atoms with Crippen LogP contribution >= 0.6 is 11.8 Å². The Labute approximate surface area is 175 Å². The number of carbonyl (C=O) groups is 1. The molecule has 0 radical (unpaired) electrons. The van der Waals surface area contributed by atoms with E-state index in [2.05, 4.69) is 4.98 Å². The maximum absolute atomic E-state index is 13.1. The summed E-state index contributed by atoms with van der Waals surface area (Å²) in [7, 11) is -3.06. The van der Waals surface area contributed by atoms with Gasteiger partial charge >= 0.3 is 0 Å². The number of carbonyl (C=O) groups excluding carboxylic acids is 1. The van der Waals surface area contributed by atoms with E-state index >= 15 is 0 Å². The number of amides is 1. The lowest BCUT2D eigenvalue weighted by Gasteiger charge is -2.30. The summed E-state index contributed by atoms with van der Waals surface area (Å²) in [5, 5.41) is 1.92. The number of nitrogens with zero attached hydrogens (tertiary/aromatic N) is 2. The fourth-order valence-electron chi connectivity index (χ4n) is 4.09. The van der Waals surface area contributed by atoms with E-state index in [1.54, 1.807) is 4.90 Å². The largest absolute Gasteiger partial charge is 0.376 e. The number of rotatable bonds is 6. The first-order valence-corrected chi connectivity index (χ1v) is 12.8. The molecule has 0 unspecified atom stereocenters. The van der Waals surface area contributed by atoms with Crippen LogP contribution in [0.15, 0.2) is 35.4 Å². The van der Waals surface area contributed by atoms with Crippen LogP contribution < -0.4 is 0 Å². The smallest absolute Gasteiger partial charge is 0.233 e. The Morgan fingerprint density at radius 1 is 1.31 bits per heavy atom. The van der Waals surface area contributed by atoms with Gasteiger partial charge in [0, 0.05) is 24.6 Å². The Morgan fingerprint density at radius 2 is 2.14 bits per heavy atom. The predicted octanol–water partition coefficient (Wildman–Crippen LogP) is 2.83. The fraction of sp³-hybridized carbons (Fsp3) is 0.524. The number of aryl methyl sites for hydroxylation is 1. The van der Waals surface area contributed by atoms with Gasteiger partial charge in [-0.1, -0.05) is 30.0 Å². The first kappa shape index (κ1) is 20.6. The zero-order valence-corrected chi connectivity index (χ0v) is 18.2. The van der Waals surface area contributed by atoms with Gasteiger partial charge in [0.1, 0.15) is 0 Å². The number of para-hydroxylation sites is 1. The highest BCUT2D eigenvalue weighted by atomic mass is 32.2. The quantitative estimate of drug-likeness (QED) is 0.651. The van der Waals surface area contributed by atoms with Crippen molar-refractivity contribution in [2.45, 2.75) is 43.4 Å². The molecule has 0 N–H and O–H groups in total. The number of hydrogen-bond donors (Lipinski definition) is 0. The predicted molar refractivity (Wildman–Crippen MR) is 115 cm³/mol. The van der Waals surface area contributed by atoms with Gasteiger partial charge in [-0.3, -0.25) is 4.79 Å². The molecule has 156 valence electrons. The van der Waals surface area contributed by atoms with Crippen molar-refractivity contribution >= 4 is 38.4 Å². The topological polar surface area (TPSA) is 76.6 Å². The fourth-order valence-corrected chi connectivity index (χ4v) is 6.69. The number of hydrogen-bond acceptors (Lipinski definition) is 6. The van der Waals surface area contributed by atoms with Gasteiger partial charge in [-0.05, 0) is 43.9 Å². The molecule has 0 aliphatic carbocycles. The first-order chi connectivity index (χ1) is 13.9. The van der Waals surface area contributed by atoms with Gasteiger partial charge in [0.15, 0.2) is 9.84 Å². The van der Waals surface area contributed by atoms with Gasteiger partial charge in [0.05, 0.1) is 33.9 Å². The van der Waals surface area contributed by atoms with Crippen molar-refractivity contribution < 1.29 is 17.9 Å². The van der Waals surface area contributed by atoms with E-state index in [1.807, 2.05) is 37.3 Å². The molecule has 29 heavy (non-hydrogen) atoms. The van der Waals surface area contributed by atoms with Crippen LogP contribution in [-0.4, -0.2) is 66.8 Å². The zero-order chi connectivity index (χ0) is 20.4. The maximum atomic E-state index is 13.1. The number of pyridine rings is 1. The second-order valence-corrected chi connectivity index (χ2v) is 11.0. The molecule has 6 nitrogen and oxygen atoms in total. The van der Waals surface area contributed by atoms with Crippen LogP contribution in [0.3, 0.4) is 0 Å². The summed E-state index contributed by atoms with van der Waals surface area (Å²) in [5.74, 6) is 0.420. The standard InChI is InChI=1S/C21H26N2O4S2/c1-15-11-20(22-19-7-3-2-6-18(15)19)28-13-21(24)23(12-17-5-4-9-27-17)16-8-10-29(25,26)14-16/h2-3,6-7,11,16-17H,4-5,8-10,12-14H2,1H3/t16-,17-/m1/s1. The van der Waals surface area contributed by atoms with Gasteiger partial charge in [0.2, 0.25) is 5.91 Å². The monoisotopic (exact) mass is 434 g/mol. The normalized spacial score (nSPS) is 23.5. The molecule has 3 heterocycles. The molecule has 2 aromatic rings. The highest BCUT2D eigenvalue weighted by Gasteiger charge is 2.36. The van der Waals surface area contributed by atoms with E-state index in [4.69, 9.17) is 4.74 Å². The average molecular weight is 435 g/mol. The molecule has 2 aliphatic rings. The van der Waals surface area contributed by atoms with Crippen molar-refractivity contribution in [1.82, 2.24) is 9.88 Å². The lowest BCUT2D eigenvalue weighted by Crippen LogP contribution is -2.46. The van der Waals surface area contributed by atoms with E-state index in [-0.39, 0.29) is 35.3 Å². The van der Waals surface area contributed by atoms with E-state index in [9.17, 15) is 13.2 Å². The van der Waals surface area contributed by atoms with E-state index in [0.717, 1.165) is 34.3 Å². The molecule has 4 rings (SSSR count). The summed E-state index contributed by atoms with van der Waals surface area (Å²) in [6.45, 7) is 3.23. The van der Waals surface area contributed by atoms with Gasteiger partial charge in [-0.2, -0.15) is 0 Å². The van der Waals surface area contributed by atoms with Crippen molar-refractivity contribution in [3.05, 3.63) is 35.9 Å². The number of fused-ring (bicyclic) bond motifs is 1. The number of benzene rings is 1. The van der Waals surface area contributed by atoms with Crippen molar-refractivity contribution in [3.8, 4) is 0 Å². The summed E-state index contributed by atoms with van der Waals surface area (Å²) >= 11 is 1.41. The lowest BCUT2D eigenvalue weighted by molar-refractivity contribution is -0.131. The molecular weight excluding hydrogens is 408 g/mol. The van der Waals surface area contributed by atoms with Crippen LogP contribution in [0.4, 0.5) is 0 Å². The van der Waals surface area contributed by atoms with E-state index in [0.29, 0.717) is 19.6 Å². The van der Waals surface area contributed by atoms with Crippen molar-refractivity contribution in [1.29, 1.82) is 0 Å². The molecule has 0 saturated carbocycles. The second kappa shape index (κ2) is 8.62. The van der Waals surface area contributed by atoms with Crippen LogP contribution in [0.1, 0.15) is 24.8 Å². The van der Waals surface area contributed by atoms with Crippen LogP contribution in [0.2, 0.25) is 0 Å². The Hall–Kier alpha value is -1.64. The summed E-state index contributed by atoms with van der Waals surface area (Å²) < 4.78 is 29.6. The minimum Gasteiger partial charge on any atom is -0.376 e. The molecule has 8 heteroatoms. The molecule has 0 bridgehead atoms. The summed E-state index contributed by atoms with van der Waals surface area (Å²) in [6, 6.07) is 9.72. The van der Waals surface area contributed by atoms with Gasteiger partial charge in [-0.15, -0.1) is 0 Å². The van der Waals surface area contributed by atoms with E-state index < -0.39 is 9.84 Å². The summed E-state index contributed by atoms with van der Waals surface area (Å²) in [6.07, 6.45) is 2.43. The Balaban J connectivity index is 1.47. The zero-order valence-electron chi connectivity index (χ0n) is 16.5. The Kier molecular flexibility index (Phi) is 6.13. The number of ether oxygens (including phenoxy) is 1. The first-order valence-electron chi connectivity index (χ1n) is 10.0. The van der Waals surface area contributed by atoms with Crippen LogP contribution in [0.25, 0.3) is 10.9 Å². The number of sulfone groups is 1. The molecule has 2 atom stereocenters. The molecule has 1 aromatic carbocycles. The van der Waals surface area contributed by atoms with Crippen LogP contribution in [-0.2, 0) is 19.4 Å². The Bertz CT molecular complexity index is 1000.